The maximum absolute atomic E-state index is 12.4. The van der Waals surface area contributed by atoms with Crippen LogP contribution < -0.4 is 14.2 Å². The fraction of sp³-hybridized carbons (Fsp3) is 0.148. The molecule has 0 radical (unpaired) electrons. The molecule has 0 N–H and O–H groups in total. The molecule has 0 aromatic heterocycles. The van der Waals surface area contributed by atoms with Crippen LogP contribution >= 0.6 is 0 Å². The van der Waals surface area contributed by atoms with E-state index in [4.69, 9.17) is 18.9 Å². The summed E-state index contributed by atoms with van der Waals surface area (Å²) in [5, 5.41) is 0. The summed E-state index contributed by atoms with van der Waals surface area (Å²) in [6.07, 6.45) is 0.902. The summed E-state index contributed by atoms with van der Waals surface area (Å²) in [5.74, 6) is -0.485. The Morgan fingerprint density at radius 3 is 1.59 bits per heavy atom. The highest BCUT2D eigenvalue weighted by Gasteiger charge is 2.12. The molecule has 0 aliphatic heterocycles. The highest BCUT2D eigenvalue weighted by molar-refractivity contribution is 5.92. The van der Waals surface area contributed by atoms with Crippen LogP contribution in [0.1, 0.15) is 40.1 Å². The van der Waals surface area contributed by atoms with Crippen molar-refractivity contribution in [1.29, 1.82) is 0 Å². The summed E-state index contributed by atoms with van der Waals surface area (Å²) >= 11 is 0. The number of hydrogen-bond donors (Lipinski definition) is 0. The molecule has 0 aliphatic rings. The van der Waals surface area contributed by atoms with Gasteiger partial charge >= 0.3 is 17.9 Å². The van der Waals surface area contributed by atoms with Crippen LogP contribution in [0.5, 0.6) is 17.2 Å². The Morgan fingerprint density at radius 1 is 0.706 bits per heavy atom. The zero-order valence-corrected chi connectivity index (χ0v) is 18.9. The molecular formula is C27H24O7. The maximum atomic E-state index is 12.4. The summed E-state index contributed by atoms with van der Waals surface area (Å²) in [5.41, 5.74) is 2.05. The minimum absolute atomic E-state index is 0.270. The van der Waals surface area contributed by atoms with Gasteiger partial charge in [-0.3, -0.25) is 0 Å². The number of carbonyl (C=O) groups excluding carboxylic acids is 3. The molecule has 0 bridgehead atoms. The SMILES string of the molecule is C=C(C)C(=O)OCOc1ccc(C(=O)Oc2ccc(C(=O)Oc3ccc(CC)cc3)cc2)cc1. The second-order valence-electron chi connectivity index (χ2n) is 7.30. The van der Waals surface area contributed by atoms with Crippen molar-refractivity contribution < 1.29 is 33.3 Å². The van der Waals surface area contributed by atoms with Gasteiger partial charge in [0, 0.05) is 5.57 Å². The van der Waals surface area contributed by atoms with Crippen molar-refractivity contribution in [1.82, 2.24) is 0 Å². The van der Waals surface area contributed by atoms with E-state index < -0.39 is 17.9 Å². The fourth-order valence-electron chi connectivity index (χ4n) is 2.75. The van der Waals surface area contributed by atoms with Crippen molar-refractivity contribution in [2.24, 2.45) is 0 Å². The molecule has 3 aromatic rings. The third-order valence-electron chi connectivity index (χ3n) is 4.70. The highest BCUT2D eigenvalue weighted by atomic mass is 16.7. The summed E-state index contributed by atoms with van der Waals surface area (Å²) in [6, 6.07) is 19.5. The van der Waals surface area contributed by atoms with Gasteiger partial charge in [-0.1, -0.05) is 25.6 Å². The topological polar surface area (TPSA) is 88.1 Å². The van der Waals surface area contributed by atoms with Gasteiger partial charge in [0.1, 0.15) is 17.2 Å². The largest absolute Gasteiger partial charge is 0.457 e. The molecule has 0 heterocycles. The van der Waals surface area contributed by atoms with E-state index in [1.165, 1.54) is 43.3 Å². The van der Waals surface area contributed by atoms with Crippen molar-refractivity contribution in [2.45, 2.75) is 20.3 Å². The van der Waals surface area contributed by atoms with Gasteiger partial charge in [0.2, 0.25) is 6.79 Å². The zero-order valence-electron chi connectivity index (χ0n) is 18.9. The van der Waals surface area contributed by atoms with Crippen LogP contribution in [0, 0.1) is 0 Å². The van der Waals surface area contributed by atoms with Crippen molar-refractivity contribution in [3.05, 3.63) is 102 Å². The van der Waals surface area contributed by atoms with Crippen molar-refractivity contribution in [2.75, 3.05) is 6.79 Å². The first-order chi connectivity index (χ1) is 16.4. The second-order valence-corrected chi connectivity index (χ2v) is 7.30. The third kappa shape index (κ3) is 6.80. The standard InChI is InChI=1S/C27H24O7/c1-4-19-5-11-23(12-6-19)33-27(30)21-9-15-24(16-10-21)34-26(29)20-7-13-22(14-8-20)31-17-32-25(28)18(2)3/h5-16H,2,4,17H2,1,3H3. The smallest absolute Gasteiger partial charge is 0.343 e. The number of hydrogen-bond acceptors (Lipinski definition) is 7. The molecule has 7 nitrogen and oxygen atoms in total. The van der Waals surface area contributed by atoms with Crippen LogP contribution in [-0.2, 0) is 16.0 Å². The van der Waals surface area contributed by atoms with Crippen molar-refractivity contribution >= 4 is 17.9 Å². The average molecular weight is 460 g/mol. The minimum Gasteiger partial charge on any atom is -0.457 e. The lowest BCUT2D eigenvalue weighted by Crippen LogP contribution is -2.11. The molecule has 3 aromatic carbocycles. The number of rotatable bonds is 9. The summed E-state index contributed by atoms with van der Waals surface area (Å²) < 4.78 is 20.8. The van der Waals surface area contributed by atoms with Gasteiger partial charge in [-0.15, -0.1) is 0 Å². The molecule has 0 saturated heterocycles. The lowest BCUT2D eigenvalue weighted by atomic mass is 10.2. The Kier molecular flexibility index (Phi) is 8.18. The summed E-state index contributed by atoms with van der Waals surface area (Å²) in [4.78, 5) is 36.0. The lowest BCUT2D eigenvalue weighted by Gasteiger charge is -2.09. The van der Waals surface area contributed by atoms with E-state index in [0.29, 0.717) is 22.6 Å². The van der Waals surface area contributed by atoms with Crippen LogP contribution in [0.25, 0.3) is 0 Å². The number of carbonyl (C=O) groups is 3. The fourth-order valence-corrected chi connectivity index (χ4v) is 2.75. The minimum atomic E-state index is -0.577. The molecule has 0 atom stereocenters. The van der Waals surface area contributed by atoms with Crippen LogP contribution in [0.15, 0.2) is 84.9 Å². The molecule has 3 rings (SSSR count). The normalized spacial score (nSPS) is 10.2. The molecule has 0 saturated carbocycles. The number of aryl methyl sites for hydroxylation is 1. The van der Waals surface area contributed by atoms with E-state index >= 15 is 0 Å². The number of benzene rings is 3. The van der Waals surface area contributed by atoms with Gasteiger partial charge < -0.3 is 18.9 Å². The van der Waals surface area contributed by atoms with Crippen LogP contribution in [0.3, 0.4) is 0 Å². The predicted octanol–water partition coefficient (Wildman–Crippen LogP) is 5.14. The first-order valence-electron chi connectivity index (χ1n) is 10.5. The molecule has 0 fully saturated rings. The van der Waals surface area contributed by atoms with E-state index in [1.807, 2.05) is 19.1 Å². The Labute approximate surface area is 197 Å². The quantitative estimate of drug-likeness (QED) is 0.189. The first kappa shape index (κ1) is 24.3. The number of ether oxygens (including phenoxy) is 4. The van der Waals surface area contributed by atoms with Crippen LogP contribution in [0.2, 0.25) is 0 Å². The molecular weight excluding hydrogens is 436 g/mol. The molecule has 0 aliphatic carbocycles. The average Bonchev–Trinajstić information content (AvgIpc) is 2.85. The predicted molar refractivity (Wildman–Crippen MR) is 125 cm³/mol. The first-order valence-corrected chi connectivity index (χ1v) is 10.5. The Hall–Kier alpha value is -4.39. The van der Waals surface area contributed by atoms with Gasteiger partial charge in [0.15, 0.2) is 0 Å². The van der Waals surface area contributed by atoms with Crippen molar-refractivity contribution in [3.63, 3.8) is 0 Å². The second kappa shape index (κ2) is 11.5. The van der Waals surface area contributed by atoms with Crippen molar-refractivity contribution in [3.8, 4) is 17.2 Å². The Balaban J connectivity index is 1.52. The molecule has 0 unspecified atom stereocenters. The molecule has 0 spiro atoms. The molecule has 0 amide bonds. The summed E-state index contributed by atoms with van der Waals surface area (Å²) in [7, 11) is 0. The van der Waals surface area contributed by atoms with Gasteiger partial charge in [-0.2, -0.15) is 0 Å². The van der Waals surface area contributed by atoms with Gasteiger partial charge in [0.25, 0.3) is 0 Å². The molecule has 174 valence electrons. The van der Waals surface area contributed by atoms with E-state index in [0.717, 1.165) is 12.0 Å². The van der Waals surface area contributed by atoms with Crippen LogP contribution in [-0.4, -0.2) is 24.7 Å². The van der Waals surface area contributed by atoms with E-state index in [1.54, 1.807) is 24.3 Å². The molecule has 34 heavy (non-hydrogen) atoms. The highest BCUT2D eigenvalue weighted by Crippen LogP contribution is 2.19. The Bertz CT molecular complexity index is 1160. The van der Waals surface area contributed by atoms with E-state index in [9.17, 15) is 14.4 Å². The third-order valence-corrected chi connectivity index (χ3v) is 4.70. The van der Waals surface area contributed by atoms with Gasteiger partial charge in [0.05, 0.1) is 11.1 Å². The van der Waals surface area contributed by atoms with E-state index in [2.05, 4.69) is 6.58 Å². The Morgan fingerprint density at radius 2 is 1.15 bits per heavy atom. The zero-order chi connectivity index (χ0) is 24.5. The lowest BCUT2D eigenvalue weighted by molar-refractivity contribution is -0.145. The van der Waals surface area contributed by atoms with Crippen LogP contribution in [0.4, 0.5) is 0 Å². The van der Waals surface area contributed by atoms with E-state index in [-0.39, 0.29) is 18.1 Å². The van der Waals surface area contributed by atoms with Gasteiger partial charge in [-0.25, -0.2) is 14.4 Å². The number of esters is 3. The van der Waals surface area contributed by atoms with Gasteiger partial charge in [-0.05, 0) is 79.6 Å². The monoisotopic (exact) mass is 460 g/mol. The maximum Gasteiger partial charge on any atom is 0.343 e. The summed E-state index contributed by atoms with van der Waals surface area (Å²) in [6.45, 7) is 6.79. The molecule has 7 heteroatoms.